The Morgan fingerprint density at radius 3 is 2.29 bits per heavy atom. The molecule has 1 aliphatic carbocycles. The standard InChI is InChI=1S/C12H26N2/c1-4-11(5-2)13-9-10-14(6-3)12-7-8-12/h11-13H,4-10H2,1-3H3. The molecule has 1 fully saturated rings. The van der Waals surface area contributed by atoms with Gasteiger partial charge in [-0.05, 0) is 32.2 Å². The number of likely N-dealkylation sites (N-methyl/N-ethyl adjacent to an activating group) is 1. The summed E-state index contributed by atoms with van der Waals surface area (Å²) >= 11 is 0. The molecule has 0 amide bonds. The van der Waals surface area contributed by atoms with Gasteiger partial charge in [-0.15, -0.1) is 0 Å². The van der Waals surface area contributed by atoms with Crippen LogP contribution in [-0.2, 0) is 0 Å². The molecule has 1 N–H and O–H groups in total. The highest BCUT2D eigenvalue weighted by molar-refractivity contribution is 4.84. The lowest BCUT2D eigenvalue weighted by Gasteiger charge is -2.22. The quantitative estimate of drug-likeness (QED) is 0.643. The molecule has 0 spiro atoms. The van der Waals surface area contributed by atoms with Crippen molar-refractivity contribution in [1.82, 2.24) is 10.2 Å². The molecule has 0 aromatic rings. The maximum atomic E-state index is 3.62. The summed E-state index contributed by atoms with van der Waals surface area (Å²) in [5, 5.41) is 3.62. The van der Waals surface area contributed by atoms with Crippen LogP contribution in [0.2, 0.25) is 0 Å². The number of nitrogens with one attached hydrogen (secondary N) is 1. The van der Waals surface area contributed by atoms with Crippen LogP contribution < -0.4 is 5.32 Å². The van der Waals surface area contributed by atoms with E-state index < -0.39 is 0 Å². The van der Waals surface area contributed by atoms with Gasteiger partial charge in [0.2, 0.25) is 0 Å². The Balaban J connectivity index is 2.06. The highest BCUT2D eigenvalue weighted by atomic mass is 15.2. The van der Waals surface area contributed by atoms with Crippen LogP contribution in [0.15, 0.2) is 0 Å². The second kappa shape index (κ2) is 6.41. The molecule has 2 nitrogen and oxygen atoms in total. The monoisotopic (exact) mass is 198 g/mol. The van der Waals surface area contributed by atoms with E-state index >= 15 is 0 Å². The van der Waals surface area contributed by atoms with Crippen LogP contribution >= 0.6 is 0 Å². The van der Waals surface area contributed by atoms with Crippen LogP contribution in [0.3, 0.4) is 0 Å². The fraction of sp³-hybridized carbons (Fsp3) is 1.00. The van der Waals surface area contributed by atoms with Gasteiger partial charge in [0.15, 0.2) is 0 Å². The van der Waals surface area contributed by atoms with Gasteiger partial charge in [0.1, 0.15) is 0 Å². The van der Waals surface area contributed by atoms with Crippen molar-refractivity contribution < 1.29 is 0 Å². The van der Waals surface area contributed by atoms with Crippen molar-refractivity contribution >= 4 is 0 Å². The lowest BCUT2D eigenvalue weighted by atomic mass is 10.2. The highest BCUT2D eigenvalue weighted by Gasteiger charge is 2.27. The van der Waals surface area contributed by atoms with Gasteiger partial charge in [0.05, 0.1) is 0 Å². The van der Waals surface area contributed by atoms with Crippen LogP contribution in [0.1, 0.15) is 46.5 Å². The summed E-state index contributed by atoms with van der Waals surface area (Å²) < 4.78 is 0. The molecule has 0 aromatic heterocycles. The highest BCUT2D eigenvalue weighted by Crippen LogP contribution is 2.25. The van der Waals surface area contributed by atoms with E-state index in [1.54, 1.807) is 0 Å². The van der Waals surface area contributed by atoms with Crippen molar-refractivity contribution in [3.05, 3.63) is 0 Å². The fourth-order valence-electron chi connectivity index (χ4n) is 2.03. The van der Waals surface area contributed by atoms with Gasteiger partial charge in [-0.25, -0.2) is 0 Å². The lowest BCUT2D eigenvalue weighted by molar-refractivity contribution is 0.270. The van der Waals surface area contributed by atoms with Crippen molar-refractivity contribution in [3.63, 3.8) is 0 Å². The largest absolute Gasteiger partial charge is 0.313 e. The maximum absolute atomic E-state index is 3.62. The molecule has 2 heteroatoms. The van der Waals surface area contributed by atoms with E-state index in [1.807, 2.05) is 0 Å². The fourth-order valence-corrected chi connectivity index (χ4v) is 2.03. The first kappa shape index (κ1) is 12.0. The molecule has 0 radical (unpaired) electrons. The Labute approximate surface area is 89.1 Å². The predicted molar refractivity (Wildman–Crippen MR) is 62.6 cm³/mol. The molecular weight excluding hydrogens is 172 g/mol. The zero-order chi connectivity index (χ0) is 10.4. The third kappa shape index (κ3) is 3.97. The van der Waals surface area contributed by atoms with Crippen molar-refractivity contribution in [2.45, 2.75) is 58.5 Å². The summed E-state index contributed by atoms with van der Waals surface area (Å²) in [5.41, 5.74) is 0. The van der Waals surface area contributed by atoms with E-state index in [1.165, 1.54) is 38.8 Å². The average molecular weight is 198 g/mol. The van der Waals surface area contributed by atoms with E-state index in [4.69, 9.17) is 0 Å². The van der Waals surface area contributed by atoms with E-state index in [2.05, 4.69) is 31.0 Å². The van der Waals surface area contributed by atoms with Gasteiger partial charge in [-0.2, -0.15) is 0 Å². The molecule has 14 heavy (non-hydrogen) atoms. The Morgan fingerprint density at radius 2 is 1.86 bits per heavy atom. The Morgan fingerprint density at radius 1 is 1.21 bits per heavy atom. The van der Waals surface area contributed by atoms with Crippen LogP contribution in [0.5, 0.6) is 0 Å². The Bertz CT molecular complexity index is 139. The molecule has 0 aromatic carbocycles. The second-order valence-corrected chi connectivity index (χ2v) is 4.33. The van der Waals surface area contributed by atoms with E-state index in [0.717, 1.165) is 18.6 Å². The minimum atomic E-state index is 0.730. The van der Waals surface area contributed by atoms with Gasteiger partial charge in [-0.3, -0.25) is 4.90 Å². The third-order valence-corrected chi connectivity index (χ3v) is 3.29. The second-order valence-electron chi connectivity index (χ2n) is 4.33. The van der Waals surface area contributed by atoms with Crippen molar-refractivity contribution in [3.8, 4) is 0 Å². The smallest absolute Gasteiger partial charge is 0.0110 e. The van der Waals surface area contributed by atoms with E-state index in [-0.39, 0.29) is 0 Å². The summed E-state index contributed by atoms with van der Waals surface area (Å²) in [6.45, 7) is 10.4. The zero-order valence-electron chi connectivity index (χ0n) is 10.1. The minimum absolute atomic E-state index is 0.730. The van der Waals surface area contributed by atoms with Crippen molar-refractivity contribution in [2.75, 3.05) is 19.6 Å². The molecule has 84 valence electrons. The third-order valence-electron chi connectivity index (χ3n) is 3.29. The topological polar surface area (TPSA) is 15.3 Å². The number of rotatable bonds is 8. The molecular formula is C12H26N2. The Hall–Kier alpha value is -0.0800. The van der Waals surface area contributed by atoms with Gasteiger partial charge in [0.25, 0.3) is 0 Å². The molecule has 0 unspecified atom stereocenters. The van der Waals surface area contributed by atoms with Crippen LogP contribution in [-0.4, -0.2) is 36.6 Å². The van der Waals surface area contributed by atoms with Crippen LogP contribution in [0.25, 0.3) is 0 Å². The molecule has 0 atom stereocenters. The van der Waals surface area contributed by atoms with E-state index in [0.29, 0.717) is 0 Å². The summed E-state index contributed by atoms with van der Waals surface area (Å²) in [6.07, 6.45) is 5.37. The van der Waals surface area contributed by atoms with Crippen molar-refractivity contribution in [1.29, 1.82) is 0 Å². The molecule has 1 rings (SSSR count). The predicted octanol–water partition coefficient (Wildman–Crippen LogP) is 2.25. The molecule has 1 aliphatic rings. The minimum Gasteiger partial charge on any atom is -0.313 e. The van der Waals surface area contributed by atoms with Crippen molar-refractivity contribution in [2.24, 2.45) is 0 Å². The first-order valence-corrected chi connectivity index (χ1v) is 6.29. The summed E-state index contributed by atoms with van der Waals surface area (Å²) in [5.74, 6) is 0. The van der Waals surface area contributed by atoms with Crippen LogP contribution in [0, 0.1) is 0 Å². The van der Waals surface area contributed by atoms with Crippen LogP contribution in [0.4, 0.5) is 0 Å². The van der Waals surface area contributed by atoms with Gasteiger partial charge >= 0.3 is 0 Å². The first-order valence-electron chi connectivity index (χ1n) is 6.29. The average Bonchev–Trinajstić information content (AvgIpc) is 3.02. The SMILES string of the molecule is CCC(CC)NCCN(CC)C1CC1. The number of nitrogens with zero attached hydrogens (tertiary/aromatic N) is 1. The summed E-state index contributed by atoms with van der Waals surface area (Å²) in [7, 11) is 0. The lowest BCUT2D eigenvalue weighted by Crippen LogP contribution is -2.37. The molecule has 1 saturated carbocycles. The summed E-state index contributed by atoms with van der Waals surface area (Å²) in [6, 6.07) is 1.65. The van der Waals surface area contributed by atoms with E-state index in [9.17, 15) is 0 Å². The van der Waals surface area contributed by atoms with Gasteiger partial charge in [-0.1, -0.05) is 20.8 Å². The zero-order valence-corrected chi connectivity index (χ0v) is 10.1. The van der Waals surface area contributed by atoms with Gasteiger partial charge < -0.3 is 5.32 Å². The Kier molecular flexibility index (Phi) is 5.49. The molecule has 0 aliphatic heterocycles. The summed E-state index contributed by atoms with van der Waals surface area (Å²) in [4.78, 5) is 2.61. The molecule has 0 bridgehead atoms. The molecule has 0 saturated heterocycles. The number of hydrogen-bond acceptors (Lipinski definition) is 2. The molecule has 0 heterocycles. The van der Waals surface area contributed by atoms with Gasteiger partial charge in [0, 0.05) is 25.2 Å². The maximum Gasteiger partial charge on any atom is 0.0110 e. The first-order chi connectivity index (χ1) is 6.81. The normalized spacial score (nSPS) is 16.9. The number of hydrogen-bond donors (Lipinski definition) is 1.